The maximum atomic E-state index is 9.88. The van der Waals surface area contributed by atoms with E-state index in [-0.39, 0.29) is 12.6 Å². The zero-order valence-corrected chi connectivity index (χ0v) is 12.4. The van der Waals surface area contributed by atoms with Gasteiger partial charge in [0.25, 0.3) is 0 Å². The van der Waals surface area contributed by atoms with Crippen LogP contribution in [0.4, 0.5) is 0 Å². The summed E-state index contributed by atoms with van der Waals surface area (Å²) < 4.78 is 13.1. The van der Waals surface area contributed by atoms with Crippen LogP contribution in [0.1, 0.15) is 24.1 Å². The second-order valence-electron chi connectivity index (χ2n) is 4.70. The Bertz CT molecular complexity index is 519. The molecular weight excluding hydrogens is 274 g/mol. The normalized spacial score (nSPS) is 13.9. The first kappa shape index (κ1) is 14.9. The van der Waals surface area contributed by atoms with Gasteiger partial charge >= 0.3 is 0 Å². The first-order valence-electron chi connectivity index (χ1n) is 6.54. The molecule has 5 nitrogen and oxygen atoms in total. The number of aromatic nitrogens is 2. The third-order valence-electron chi connectivity index (χ3n) is 3.08. The third kappa shape index (κ3) is 4.26. The lowest BCUT2D eigenvalue weighted by atomic mass is 10.0. The zero-order valence-electron chi connectivity index (χ0n) is 11.6. The van der Waals surface area contributed by atoms with Gasteiger partial charge in [-0.2, -0.15) is 4.37 Å². The number of aliphatic hydroxyl groups excluding tert-OH is 1. The van der Waals surface area contributed by atoms with E-state index in [1.54, 1.807) is 6.20 Å². The van der Waals surface area contributed by atoms with E-state index in [9.17, 15) is 5.11 Å². The molecule has 0 fully saturated rings. The molecule has 0 aliphatic rings. The standard InChI is InChI=1S/C14H19N3O2S/c1-10-5-3-4-6-13(10)11(2)15-7-12(18)9-19-14-8-16-20-17-14/h3-6,8,11-12,15,18H,7,9H2,1-2H3/t11-,12?/m0/s1. The van der Waals surface area contributed by atoms with Crippen molar-refractivity contribution in [2.75, 3.05) is 13.2 Å². The first-order valence-corrected chi connectivity index (χ1v) is 7.27. The summed E-state index contributed by atoms with van der Waals surface area (Å²) in [6, 6.07) is 8.41. The van der Waals surface area contributed by atoms with Crippen molar-refractivity contribution in [3.63, 3.8) is 0 Å². The van der Waals surface area contributed by atoms with Crippen LogP contribution >= 0.6 is 11.7 Å². The average Bonchev–Trinajstić information content (AvgIpc) is 2.96. The van der Waals surface area contributed by atoms with E-state index in [2.05, 4.69) is 40.0 Å². The first-order chi connectivity index (χ1) is 9.66. The molecule has 0 aliphatic heterocycles. The molecule has 2 aromatic rings. The van der Waals surface area contributed by atoms with Crippen LogP contribution in [-0.2, 0) is 0 Å². The fourth-order valence-corrected chi connectivity index (χ4v) is 2.32. The molecule has 20 heavy (non-hydrogen) atoms. The highest BCUT2D eigenvalue weighted by Gasteiger charge is 2.11. The summed E-state index contributed by atoms with van der Waals surface area (Å²) >= 11 is 1.09. The Balaban J connectivity index is 1.75. The predicted molar refractivity (Wildman–Crippen MR) is 79.0 cm³/mol. The monoisotopic (exact) mass is 293 g/mol. The van der Waals surface area contributed by atoms with Crippen molar-refractivity contribution in [1.82, 2.24) is 14.1 Å². The van der Waals surface area contributed by atoms with Gasteiger partial charge in [-0.1, -0.05) is 24.3 Å². The molecule has 0 aliphatic carbocycles. The molecule has 1 aromatic carbocycles. The highest BCUT2D eigenvalue weighted by molar-refractivity contribution is 6.99. The number of ether oxygens (including phenoxy) is 1. The minimum atomic E-state index is -0.580. The molecule has 1 heterocycles. The molecule has 2 atom stereocenters. The number of nitrogens with one attached hydrogen (secondary N) is 1. The second-order valence-corrected chi connectivity index (χ2v) is 5.25. The fourth-order valence-electron chi connectivity index (χ4n) is 1.96. The van der Waals surface area contributed by atoms with Gasteiger partial charge in [0.1, 0.15) is 18.9 Å². The number of hydrogen-bond acceptors (Lipinski definition) is 6. The Morgan fingerprint density at radius 1 is 1.40 bits per heavy atom. The van der Waals surface area contributed by atoms with E-state index in [0.717, 1.165) is 11.7 Å². The van der Waals surface area contributed by atoms with Gasteiger partial charge in [-0.05, 0) is 25.0 Å². The number of benzene rings is 1. The van der Waals surface area contributed by atoms with Crippen LogP contribution in [0, 0.1) is 6.92 Å². The largest absolute Gasteiger partial charge is 0.473 e. The summed E-state index contributed by atoms with van der Waals surface area (Å²) in [5.74, 6) is 0.459. The summed E-state index contributed by atoms with van der Waals surface area (Å²) in [7, 11) is 0. The number of rotatable bonds is 7. The summed E-state index contributed by atoms with van der Waals surface area (Å²) in [5.41, 5.74) is 2.48. The van der Waals surface area contributed by atoms with Gasteiger partial charge in [0.2, 0.25) is 5.88 Å². The molecule has 0 spiro atoms. The van der Waals surface area contributed by atoms with Crippen molar-refractivity contribution in [2.45, 2.75) is 26.0 Å². The molecule has 0 saturated heterocycles. The van der Waals surface area contributed by atoms with Crippen LogP contribution in [0.25, 0.3) is 0 Å². The van der Waals surface area contributed by atoms with Crippen LogP contribution in [0.3, 0.4) is 0 Å². The quantitative estimate of drug-likeness (QED) is 0.816. The summed E-state index contributed by atoms with van der Waals surface area (Å²) in [5, 5.41) is 13.2. The van der Waals surface area contributed by atoms with Crippen molar-refractivity contribution in [2.24, 2.45) is 0 Å². The molecule has 0 bridgehead atoms. The number of aryl methyl sites for hydroxylation is 1. The van der Waals surface area contributed by atoms with Gasteiger partial charge in [-0.3, -0.25) is 0 Å². The lowest BCUT2D eigenvalue weighted by Crippen LogP contribution is -2.33. The molecule has 1 aromatic heterocycles. The van der Waals surface area contributed by atoms with Crippen molar-refractivity contribution in [3.05, 3.63) is 41.6 Å². The van der Waals surface area contributed by atoms with Crippen LogP contribution in [0.5, 0.6) is 5.88 Å². The van der Waals surface area contributed by atoms with Crippen LogP contribution in [0.2, 0.25) is 0 Å². The van der Waals surface area contributed by atoms with Gasteiger partial charge in [-0.25, -0.2) is 0 Å². The summed E-state index contributed by atoms with van der Waals surface area (Å²) in [6.45, 7) is 4.84. The van der Waals surface area contributed by atoms with Crippen molar-refractivity contribution < 1.29 is 9.84 Å². The Labute approximate surface area is 122 Å². The van der Waals surface area contributed by atoms with E-state index < -0.39 is 6.10 Å². The van der Waals surface area contributed by atoms with E-state index in [4.69, 9.17) is 4.74 Å². The van der Waals surface area contributed by atoms with Gasteiger partial charge < -0.3 is 15.2 Å². The molecular formula is C14H19N3O2S. The summed E-state index contributed by atoms with van der Waals surface area (Å²) in [6.07, 6.45) is 0.962. The topological polar surface area (TPSA) is 67.3 Å². The predicted octanol–water partition coefficient (Wildman–Crippen LogP) is 1.94. The molecule has 6 heteroatoms. The Kier molecular flexibility index (Phi) is 5.46. The molecule has 108 valence electrons. The van der Waals surface area contributed by atoms with Gasteiger partial charge in [0.15, 0.2) is 0 Å². The van der Waals surface area contributed by atoms with Crippen molar-refractivity contribution in [3.8, 4) is 5.88 Å². The smallest absolute Gasteiger partial charge is 0.245 e. The van der Waals surface area contributed by atoms with Gasteiger partial charge in [-0.15, -0.1) is 4.37 Å². The van der Waals surface area contributed by atoms with Crippen molar-refractivity contribution in [1.29, 1.82) is 0 Å². The molecule has 0 radical (unpaired) electrons. The van der Waals surface area contributed by atoms with E-state index in [0.29, 0.717) is 12.4 Å². The highest BCUT2D eigenvalue weighted by atomic mass is 32.1. The SMILES string of the molecule is Cc1ccccc1[C@H](C)NCC(O)COc1cnsn1. The fraction of sp³-hybridized carbons (Fsp3) is 0.429. The maximum absolute atomic E-state index is 9.88. The minimum Gasteiger partial charge on any atom is -0.473 e. The molecule has 0 saturated carbocycles. The van der Waals surface area contributed by atoms with Crippen LogP contribution in [0.15, 0.2) is 30.5 Å². The number of nitrogens with zero attached hydrogens (tertiary/aromatic N) is 2. The lowest BCUT2D eigenvalue weighted by Gasteiger charge is -2.19. The Morgan fingerprint density at radius 3 is 2.90 bits per heavy atom. The molecule has 1 unspecified atom stereocenters. The summed E-state index contributed by atoms with van der Waals surface area (Å²) in [4.78, 5) is 0. The Hall–Kier alpha value is -1.50. The highest BCUT2D eigenvalue weighted by Crippen LogP contribution is 2.16. The van der Waals surface area contributed by atoms with Gasteiger partial charge in [0.05, 0.1) is 11.7 Å². The molecule has 2 rings (SSSR count). The molecule has 0 amide bonds. The van der Waals surface area contributed by atoms with E-state index >= 15 is 0 Å². The third-order valence-corrected chi connectivity index (χ3v) is 3.54. The maximum Gasteiger partial charge on any atom is 0.245 e. The average molecular weight is 293 g/mol. The van der Waals surface area contributed by atoms with Gasteiger partial charge in [0, 0.05) is 12.6 Å². The van der Waals surface area contributed by atoms with E-state index in [1.807, 2.05) is 12.1 Å². The number of aliphatic hydroxyl groups is 1. The molecule has 2 N–H and O–H groups in total. The minimum absolute atomic E-state index is 0.187. The van der Waals surface area contributed by atoms with Crippen LogP contribution < -0.4 is 10.1 Å². The number of hydrogen-bond donors (Lipinski definition) is 2. The van der Waals surface area contributed by atoms with Crippen LogP contribution in [-0.4, -0.2) is 33.1 Å². The Morgan fingerprint density at radius 2 is 2.20 bits per heavy atom. The lowest BCUT2D eigenvalue weighted by molar-refractivity contribution is 0.102. The zero-order chi connectivity index (χ0) is 14.4. The van der Waals surface area contributed by atoms with E-state index in [1.165, 1.54) is 11.1 Å². The van der Waals surface area contributed by atoms with Crippen molar-refractivity contribution >= 4 is 11.7 Å². The second kappa shape index (κ2) is 7.33.